The highest BCUT2D eigenvalue weighted by molar-refractivity contribution is 6.08. The fourth-order valence-corrected chi connectivity index (χ4v) is 4.60. The number of imidazole rings is 1. The van der Waals surface area contributed by atoms with Gasteiger partial charge in [0.15, 0.2) is 0 Å². The van der Waals surface area contributed by atoms with Crippen LogP contribution in [0.2, 0.25) is 0 Å². The molecule has 11 nitrogen and oxygen atoms in total. The van der Waals surface area contributed by atoms with Crippen LogP contribution in [0.1, 0.15) is 56.0 Å². The number of aryl methyl sites for hydroxylation is 1. The van der Waals surface area contributed by atoms with Crippen LogP contribution >= 0.6 is 0 Å². The molecule has 2 N–H and O–H groups in total. The van der Waals surface area contributed by atoms with Gasteiger partial charge in [-0.3, -0.25) is 13.9 Å². The number of carbonyl (C=O) groups is 2. The van der Waals surface area contributed by atoms with E-state index < -0.39 is 11.7 Å². The van der Waals surface area contributed by atoms with Gasteiger partial charge in [-0.05, 0) is 63.9 Å². The first-order valence-corrected chi connectivity index (χ1v) is 14.0. The van der Waals surface area contributed by atoms with Gasteiger partial charge < -0.3 is 20.1 Å². The molecule has 5 rings (SSSR count). The molecule has 4 aromatic heterocycles. The van der Waals surface area contributed by atoms with Crippen molar-refractivity contribution in [2.75, 3.05) is 18.5 Å². The second kappa shape index (κ2) is 12.3. The summed E-state index contributed by atoms with van der Waals surface area (Å²) in [5.74, 6) is 0.252. The predicted molar refractivity (Wildman–Crippen MR) is 160 cm³/mol. The topological polar surface area (TPSA) is 125 Å². The van der Waals surface area contributed by atoms with Crippen LogP contribution in [0.3, 0.4) is 0 Å². The zero-order valence-electron chi connectivity index (χ0n) is 24.3. The highest BCUT2D eigenvalue weighted by Crippen LogP contribution is 2.29. The Labute approximate surface area is 243 Å². The molecule has 2 amide bonds. The average molecular weight is 570 g/mol. The maximum Gasteiger partial charge on any atom is 0.407 e. The quantitative estimate of drug-likeness (QED) is 0.221. The van der Waals surface area contributed by atoms with Gasteiger partial charge in [0.2, 0.25) is 5.88 Å². The van der Waals surface area contributed by atoms with E-state index in [-0.39, 0.29) is 5.91 Å². The molecule has 5 aromatic rings. The fraction of sp³-hybridized carbons (Fsp3) is 0.323. The van der Waals surface area contributed by atoms with Crippen LogP contribution in [0.25, 0.3) is 16.6 Å². The van der Waals surface area contributed by atoms with E-state index in [4.69, 9.17) is 14.6 Å². The van der Waals surface area contributed by atoms with Crippen LogP contribution in [0.5, 0.6) is 5.88 Å². The lowest BCUT2D eigenvalue weighted by molar-refractivity contribution is 0.0525. The van der Waals surface area contributed by atoms with Crippen molar-refractivity contribution in [1.29, 1.82) is 0 Å². The van der Waals surface area contributed by atoms with Crippen molar-refractivity contribution < 1.29 is 19.1 Å². The molecule has 0 fully saturated rings. The van der Waals surface area contributed by atoms with Crippen molar-refractivity contribution in [3.8, 4) is 5.88 Å². The summed E-state index contributed by atoms with van der Waals surface area (Å²) < 4.78 is 14.7. The van der Waals surface area contributed by atoms with Crippen LogP contribution in [-0.2, 0) is 17.7 Å². The summed E-state index contributed by atoms with van der Waals surface area (Å²) in [6.07, 6.45) is 4.25. The molecule has 11 heteroatoms. The molecule has 1 aromatic carbocycles. The molecule has 0 saturated carbocycles. The van der Waals surface area contributed by atoms with Gasteiger partial charge >= 0.3 is 6.09 Å². The van der Waals surface area contributed by atoms with Crippen molar-refractivity contribution in [2.45, 2.75) is 52.7 Å². The van der Waals surface area contributed by atoms with Crippen molar-refractivity contribution in [3.05, 3.63) is 84.1 Å². The summed E-state index contributed by atoms with van der Waals surface area (Å²) in [6.45, 7) is 8.77. The van der Waals surface area contributed by atoms with E-state index in [2.05, 4.69) is 20.6 Å². The third-order valence-electron chi connectivity index (χ3n) is 6.42. The number of aromatic nitrogens is 5. The van der Waals surface area contributed by atoms with Gasteiger partial charge in [0.05, 0.1) is 41.9 Å². The Morgan fingerprint density at radius 2 is 1.86 bits per heavy atom. The summed E-state index contributed by atoms with van der Waals surface area (Å²) >= 11 is 0. The number of nitrogens with zero attached hydrogens (tertiary/aromatic N) is 5. The minimum absolute atomic E-state index is 0.246. The molecule has 4 heterocycles. The Kier molecular flexibility index (Phi) is 8.37. The number of hydrogen-bond donors (Lipinski definition) is 2. The highest BCUT2D eigenvalue weighted by Gasteiger charge is 2.18. The Balaban J connectivity index is 1.26. The third-order valence-corrected chi connectivity index (χ3v) is 6.42. The number of carbonyl (C=O) groups excluding carboxylic acids is 2. The first-order chi connectivity index (χ1) is 20.2. The SMILES string of the molecule is CCc1nn(Cc2cccc(OCCCNC(=O)OC(C)(C)C)n2)c2cccc(NC(=O)c3cnc4ccccn34)c12. The number of ether oxygens (including phenoxy) is 2. The lowest BCUT2D eigenvalue weighted by Crippen LogP contribution is -2.33. The predicted octanol–water partition coefficient (Wildman–Crippen LogP) is 5.24. The Morgan fingerprint density at radius 3 is 2.67 bits per heavy atom. The number of benzene rings is 1. The monoisotopic (exact) mass is 569 g/mol. The van der Waals surface area contributed by atoms with Gasteiger partial charge in [-0.1, -0.05) is 25.1 Å². The number of fused-ring (bicyclic) bond motifs is 2. The summed E-state index contributed by atoms with van der Waals surface area (Å²) in [4.78, 5) is 34.0. The van der Waals surface area contributed by atoms with Crippen molar-refractivity contribution in [2.24, 2.45) is 0 Å². The van der Waals surface area contributed by atoms with E-state index >= 15 is 0 Å². The maximum atomic E-state index is 13.2. The number of hydrogen-bond acceptors (Lipinski definition) is 7. The van der Waals surface area contributed by atoms with Gasteiger partial charge in [0.25, 0.3) is 5.91 Å². The number of anilines is 1. The zero-order valence-corrected chi connectivity index (χ0v) is 24.3. The zero-order chi connectivity index (χ0) is 29.7. The van der Waals surface area contributed by atoms with E-state index in [0.717, 1.165) is 22.3 Å². The molecule has 0 radical (unpaired) electrons. The van der Waals surface area contributed by atoms with E-state index in [1.807, 2.05) is 87.1 Å². The van der Waals surface area contributed by atoms with E-state index in [1.54, 1.807) is 16.7 Å². The second-order valence-electron chi connectivity index (χ2n) is 10.8. The van der Waals surface area contributed by atoms with Gasteiger partial charge in [-0.25, -0.2) is 14.8 Å². The van der Waals surface area contributed by atoms with Crippen LogP contribution in [0, 0.1) is 0 Å². The number of rotatable bonds is 10. The minimum Gasteiger partial charge on any atom is -0.478 e. The second-order valence-corrected chi connectivity index (χ2v) is 10.8. The van der Waals surface area contributed by atoms with Gasteiger partial charge in [0, 0.05) is 24.2 Å². The molecular weight excluding hydrogens is 534 g/mol. The van der Waals surface area contributed by atoms with Crippen LogP contribution in [0.15, 0.2) is 67.0 Å². The van der Waals surface area contributed by atoms with Crippen LogP contribution in [-0.4, -0.2) is 54.9 Å². The Hall–Kier alpha value is -4.93. The van der Waals surface area contributed by atoms with Crippen molar-refractivity contribution in [1.82, 2.24) is 29.5 Å². The molecule has 0 saturated heterocycles. The summed E-state index contributed by atoms with van der Waals surface area (Å²) in [7, 11) is 0. The Morgan fingerprint density at radius 1 is 1.02 bits per heavy atom. The Bertz CT molecular complexity index is 1720. The standard InChI is InChI=1S/C31H35N7O4/c1-5-22-28-23(35-29(39)25-19-33-26-14-6-7-17-37(25)26)12-9-13-24(28)38(36-22)20-21-11-8-15-27(34-21)41-18-10-16-32-30(40)42-31(2,3)4/h6-9,11-15,17,19H,5,10,16,18,20H2,1-4H3,(H,32,40)(H,35,39). The van der Waals surface area contributed by atoms with Crippen molar-refractivity contribution in [3.63, 3.8) is 0 Å². The van der Waals surface area contributed by atoms with Crippen molar-refractivity contribution >= 4 is 34.2 Å². The van der Waals surface area contributed by atoms with Gasteiger partial charge in [-0.2, -0.15) is 5.10 Å². The minimum atomic E-state index is -0.534. The largest absolute Gasteiger partial charge is 0.478 e. The number of pyridine rings is 2. The molecule has 42 heavy (non-hydrogen) atoms. The molecule has 0 spiro atoms. The summed E-state index contributed by atoms with van der Waals surface area (Å²) in [6, 6.07) is 17.0. The summed E-state index contributed by atoms with van der Waals surface area (Å²) in [5, 5.41) is 11.5. The lowest BCUT2D eigenvalue weighted by atomic mass is 10.1. The van der Waals surface area contributed by atoms with E-state index in [1.165, 1.54) is 0 Å². The van der Waals surface area contributed by atoms with Gasteiger partial charge in [0.1, 0.15) is 16.9 Å². The highest BCUT2D eigenvalue weighted by atomic mass is 16.6. The maximum absolute atomic E-state index is 13.2. The van der Waals surface area contributed by atoms with E-state index in [0.29, 0.717) is 55.4 Å². The van der Waals surface area contributed by atoms with Gasteiger partial charge in [-0.15, -0.1) is 0 Å². The normalized spacial score (nSPS) is 11.5. The van der Waals surface area contributed by atoms with Crippen LogP contribution < -0.4 is 15.4 Å². The average Bonchev–Trinajstić information content (AvgIpc) is 3.54. The number of nitrogens with one attached hydrogen (secondary N) is 2. The molecule has 0 unspecified atom stereocenters. The van der Waals surface area contributed by atoms with Crippen LogP contribution in [0.4, 0.5) is 10.5 Å². The molecular formula is C31H35N7O4. The molecule has 0 aliphatic rings. The summed E-state index contributed by atoms with van der Waals surface area (Å²) in [5.41, 5.74) is 3.87. The third kappa shape index (κ3) is 6.68. The molecule has 0 aliphatic carbocycles. The molecule has 0 bridgehead atoms. The fourth-order valence-electron chi connectivity index (χ4n) is 4.60. The first-order valence-electron chi connectivity index (χ1n) is 14.0. The first kappa shape index (κ1) is 28.6. The molecule has 0 aliphatic heterocycles. The molecule has 218 valence electrons. The molecule has 0 atom stereocenters. The smallest absolute Gasteiger partial charge is 0.407 e. The number of amides is 2. The lowest BCUT2D eigenvalue weighted by Gasteiger charge is -2.19. The van der Waals surface area contributed by atoms with E-state index in [9.17, 15) is 9.59 Å². The number of alkyl carbamates (subject to hydrolysis) is 1.